The number of nitrogens with one attached hydrogen (secondary N) is 1. The Kier molecular flexibility index (Phi) is 5.75. The summed E-state index contributed by atoms with van der Waals surface area (Å²) in [5.41, 5.74) is 0.185. The first-order valence-electron chi connectivity index (χ1n) is 8.41. The summed E-state index contributed by atoms with van der Waals surface area (Å²) >= 11 is 0. The molecule has 1 aliphatic rings. The number of likely N-dealkylation sites (tertiary alicyclic amines) is 1. The van der Waals surface area contributed by atoms with Crippen molar-refractivity contribution in [2.24, 2.45) is 5.92 Å². The van der Waals surface area contributed by atoms with Crippen LogP contribution in [0.25, 0.3) is 0 Å². The fraction of sp³-hybridized carbons (Fsp3) is 0.647. The van der Waals surface area contributed by atoms with Crippen LogP contribution in [0, 0.1) is 5.92 Å². The fourth-order valence-electron chi connectivity index (χ4n) is 3.00. The summed E-state index contributed by atoms with van der Waals surface area (Å²) in [6.07, 6.45) is 4.64. The molecular formula is C17H26N4O3. The zero-order valence-electron chi connectivity index (χ0n) is 14.8. The average molecular weight is 334 g/mol. The first-order valence-corrected chi connectivity index (χ1v) is 8.41. The van der Waals surface area contributed by atoms with Crippen LogP contribution in [0.3, 0.4) is 0 Å². The van der Waals surface area contributed by atoms with Crippen molar-refractivity contribution in [1.29, 1.82) is 0 Å². The van der Waals surface area contributed by atoms with Crippen molar-refractivity contribution in [3.05, 3.63) is 18.0 Å². The monoisotopic (exact) mass is 334 g/mol. The van der Waals surface area contributed by atoms with Gasteiger partial charge in [-0.2, -0.15) is 0 Å². The molecule has 0 atom stereocenters. The van der Waals surface area contributed by atoms with Crippen LogP contribution >= 0.6 is 0 Å². The van der Waals surface area contributed by atoms with Crippen LogP contribution < -0.4 is 5.32 Å². The molecule has 7 heteroatoms. The minimum absolute atomic E-state index is 0.113. The third kappa shape index (κ3) is 4.01. The lowest BCUT2D eigenvalue weighted by Gasteiger charge is -2.45. The number of amides is 1. The van der Waals surface area contributed by atoms with Crippen LogP contribution in [0.15, 0.2) is 12.4 Å². The Balaban J connectivity index is 2.09. The van der Waals surface area contributed by atoms with Crippen LogP contribution in [0.1, 0.15) is 50.9 Å². The van der Waals surface area contributed by atoms with Crippen molar-refractivity contribution < 1.29 is 14.3 Å². The number of piperidine rings is 1. The van der Waals surface area contributed by atoms with E-state index < -0.39 is 5.97 Å². The molecule has 0 saturated carbocycles. The number of aromatic nitrogens is 2. The Morgan fingerprint density at radius 1 is 1.29 bits per heavy atom. The van der Waals surface area contributed by atoms with E-state index in [-0.39, 0.29) is 11.4 Å². The Bertz CT molecular complexity index is 578. The highest BCUT2D eigenvalue weighted by atomic mass is 16.5. The standard InChI is InChI=1S/C17H26N4O3/c1-5-24-15(23)14-10-18-16(19-11-14)20-17(12(2)3)6-8-21(9-7-17)13(4)22/h10-12H,5-9H2,1-4H3,(H,18,19,20). The average Bonchev–Trinajstić information content (AvgIpc) is 2.56. The van der Waals surface area contributed by atoms with Crippen molar-refractivity contribution in [1.82, 2.24) is 14.9 Å². The minimum atomic E-state index is -0.419. The second kappa shape index (κ2) is 7.59. The smallest absolute Gasteiger partial charge is 0.341 e. The van der Waals surface area contributed by atoms with Crippen LogP contribution in [-0.4, -0.2) is 52.0 Å². The SMILES string of the molecule is CCOC(=O)c1cnc(NC2(C(C)C)CCN(C(C)=O)CC2)nc1. The van der Waals surface area contributed by atoms with E-state index in [2.05, 4.69) is 29.1 Å². The largest absolute Gasteiger partial charge is 0.462 e. The first kappa shape index (κ1) is 18.2. The number of carbonyl (C=O) groups excluding carboxylic acids is 2. The molecule has 1 N–H and O–H groups in total. The van der Waals surface area contributed by atoms with Gasteiger partial charge in [0.2, 0.25) is 11.9 Å². The van der Waals surface area contributed by atoms with E-state index in [1.165, 1.54) is 12.4 Å². The van der Waals surface area contributed by atoms with Crippen LogP contribution in [0.5, 0.6) is 0 Å². The molecule has 24 heavy (non-hydrogen) atoms. The Hall–Kier alpha value is -2.18. The molecule has 2 rings (SSSR count). The van der Waals surface area contributed by atoms with E-state index in [0.29, 0.717) is 24.0 Å². The number of nitrogens with zero attached hydrogens (tertiary/aromatic N) is 3. The van der Waals surface area contributed by atoms with Gasteiger partial charge in [0.25, 0.3) is 0 Å². The maximum absolute atomic E-state index is 11.7. The van der Waals surface area contributed by atoms with Crippen molar-refractivity contribution in [2.75, 3.05) is 25.0 Å². The molecule has 1 fully saturated rings. The molecule has 1 aromatic rings. The molecule has 7 nitrogen and oxygen atoms in total. The number of rotatable bonds is 5. The normalized spacial score (nSPS) is 16.8. The molecule has 0 aromatic carbocycles. The maximum atomic E-state index is 11.7. The van der Waals surface area contributed by atoms with E-state index >= 15 is 0 Å². The number of ether oxygens (including phenoxy) is 1. The summed E-state index contributed by atoms with van der Waals surface area (Å²) in [6.45, 7) is 9.44. The molecule has 0 spiro atoms. The number of carbonyl (C=O) groups is 2. The summed E-state index contributed by atoms with van der Waals surface area (Å²) in [6, 6.07) is 0. The molecule has 0 bridgehead atoms. The lowest BCUT2D eigenvalue weighted by atomic mass is 9.78. The van der Waals surface area contributed by atoms with Gasteiger partial charge in [-0.3, -0.25) is 4.79 Å². The van der Waals surface area contributed by atoms with Crippen molar-refractivity contribution >= 4 is 17.8 Å². The van der Waals surface area contributed by atoms with Crippen molar-refractivity contribution in [3.8, 4) is 0 Å². The molecular weight excluding hydrogens is 308 g/mol. The van der Waals surface area contributed by atoms with Gasteiger partial charge in [-0.25, -0.2) is 14.8 Å². The van der Waals surface area contributed by atoms with Gasteiger partial charge in [0.05, 0.1) is 12.2 Å². The predicted molar refractivity (Wildman–Crippen MR) is 90.7 cm³/mol. The number of anilines is 1. The molecule has 1 aromatic heterocycles. The maximum Gasteiger partial charge on any atom is 0.341 e. The third-order valence-electron chi connectivity index (χ3n) is 4.73. The minimum Gasteiger partial charge on any atom is -0.462 e. The van der Waals surface area contributed by atoms with Crippen molar-refractivity contribution in [2.45, 2.75) is 46.1 Å². The van der Waals surface area contributed by atoms with Gasteiger partial charge in [0.1, 0.15) is 0 Å². The molecule has 1 amide bonds. The van der Waals surface area contributed by atoms with E-state index in [9.17, 15) is 9.59 Å². The zero-order valence-corrected chi connectivity index (χ0v) is 14.8. The van der Waals surface area contributed by atoms with Gasteiger partial charge in [0.15, 0.2) is 0 Å². The molecule has 2 heterocycles. The molecule has 132 valence electrons. The number of hydrogen-bond donors (Lipinski definition) is 1. The Morgan fingerprint density at radius 2 is 1.88 bits per heavy atom. The summed E-state index contributed by atoms with van der Waals surface area (Å²) in [5.74, 6) is 0.549. The zero-order chi connectivity index (χ0) is 17.7. The Morgan fingerprint density at radius 3 is 2.33 bits per heavy atom. The second-order valence-electron chi connectivity index (χ2n) is 6.46. The van der Waals surface area contributed by atoms with E-state index in [1.807, 2.05) is 4.90 Å². The molecule has 0 unspecified atom stereocenters. The van der Waals surface area contributed by atoms with E-state index in [1.54, 1.807) is 13.8 Å². The van der Waals surface area contributed by atoms with Crippen LogP contribution in [-0.2, 0) is 9.53 Å². The molecule has 0 aliphatic carbocycles. The number of esters is 1. The van der Waals surface area contributed by atoms with Gasteiger partial charge in [-0.1, -0.05) is 13.8 Å². The lowest BCUT2D eigenvalue weighted by Crippen LogP contribution is -2.53. The molecule has 1 aliphatic heterocycles. The fourth-order valence-corrected chi connectivity index (χ4v) is 3.00. The summed E-state index contributed by atoms with van der Waals surface area (Å²) in [5, 5.41) is 3.44. The van der Waals surface area contributed by atoms with Crippen molar-refractivity contribution in [3.63, 3.8) is 0 Å². The quantitative estimate of drug-likeness (QED) is 0.830. The third-order valence-corrected chi connectivity index (χ3v) is 4.73. The summed E-state index contributed by atoms with van der Waals surface area (Å²) < 4.78 is 4.93. The van der Waals surface area contributed by atoms with Crippen LogP contribution in [0.4, 0.5) is 5.95 Å². The second-order valence-corrected chi connectivity index (χ2v) is 6.46. The topological polar surface area (TPSA) is 84.4 Å². The van der Waals surface area contributed by atoms with Gasteiger partial charge < -0.3 is 15.0 Å². The lowest BCUT2D eigenvalue weighted by molar-refractivity contribution is -0.130. The van der Waals surface area contributed by atoms with Gasteiger partial charge in [-0.15, -0.1) is 0 Å². The van der Waals surface area contributed by atoms with Gasteiger partial charge >= 0.3 is 5.97 Å². The predicted octanol–water partition coefficient (Wildman–Crippen LogP) is 2.10. The summed E-state index contributed by atoms with van der Waals surface area (Å²) in [7, 11) is 0. The molecule has 0 radical (unpaired) electrons. The molecule has 1 saturated heterocycles. The van der Waals surface area contributed by atoms with Crippen LogP contribution in [0.2, 0.25) is 0 Å². The number of hydrogen-bond acceptors (Lipinski definition) is 6. The van der Waals surface area contributed by atoms with E-state index in [4.69, 9.17) is 4.74 Å². The highest BCUT2D eigenvalue weighted by molar-refractivity contribution is 5.88. The van der Waals surface area contributed by atoms with Gasteiger partial charge in [0, 0.05) is 37.9 Å². The Labute approximate surface area is 142 Å². The summed E-state index contributed by atoms with van der Waals surface area (Å²) in [4.78, 5) is 33.6. The highest BCUT2D eigenvalue weighted by Crippen LogP contribution is 2.32. The first-order chi connectivity index (χ1) is 11.4. The van der Waals surface area contributed by atoms with Gasteiger partial charge in [-0.05, 0) is 25.7 Å². The highest BCUT2D eigenvalue weighted by Gasteiger charge is 2.38. The van der Waals surface area contributed by atoms with E-state index in [0.717, 1.165) is 25.9 Å².